The van der Waals surface area contributed by atoms with E-state index in [9.17, 15) is 0 Å². The van der Waals surface area contributed by atoms with E-state index >= 15 is 0 Å². The predicted molar refractivity (Wildman–Crippen MR) is 67.1 cm³/mol. The molecule has 0 heterocycles. The fourth-order valence-corrected chi connectivity index (χ4v) is 1.49. The van der Waals surface area contributed by atoms with E-state index in [1.54, 1.807) is 0 Å². The summed E-state index contributed by atoms with van der Waals surface area (Å²) in [4.78, 5) is 0. The molecule has 0 fully saturated rings. The Morgan fingerprint density at radius 1 is 1.21 bits per heavy atom. The second kappa shape index (κ2) is 9.85. The summed E-state index contributed by atoms with van der Waals surface area (Å²) >= 11 is 4.24. The van der Waals surface area contributed by atoms with Crippen molar-refractivity contribution >= 4 is 12.6 Å². The molecule has 0 saturated carbocycles. The average Bonchev–Trinajstić information content (AvgIpc) is 2.22. The molecule has 0 spiro atoms. The first-order valence-corrected chi connectivity index (χ1v) is 6.56. The van der Waals surface area contributed by atoms with Gasteiger partial charge in [0.15, 0.2) is 0 Å². The lowest BCUT2D eigenvalue weighted by atomic mass is 10.0. The number of hydrogen-bond acceptors (Lipinski definition) is 2. The molecule has 0 aliphatic carbocycles. The summed E-state index contributed by atoms with van der Waals surface area (Å²) in [5.41, 5.74) is 0. The van der Waals surface area contributed by atoms with Gasteiger partial charge in [-0.2, -0.15) is 12.6 Å². The van der Waals surface area contributed by atoms with Gasteiger partial charge in [-0.05, 0) is 24.0 Å². The van der Waals surface area contributed by atoms with Gasteiger partial charge in [0, 0.05) is 13.2 Å². The Morgan fingerprint density at radius 3 is 2.43 bits per heavy atom. The summed E-state index contributed by atoms with van der Waals surface area (Å²) in [5.74, 6) is 2.27. The molecule has 2 atom stereocenters. The van der Waals surface area contributed by atoms with Crippen LogP contribution in [0, 0.1) is 11.8 Å². The molecule has 0 radical (unpaired) electrons. The van der Waals surface area contributed by atoms with Crippen molar-refractivity contribution in [2.24, 2.45) is 11.8 Å². The van der Waals surface area contributed by atoms with Gasteiger partial charge in [0.1, 0.15) is 0 Å². The van der Waals surface area contributed by atoms with Gasteiger partial charge >= 0.3 is 0 Å². The molecule has 0 bridgehead atoms. The predicted octanol–water partition coefficient (Wildman–Crippen LogP) is 3.79. The van der Waals surface area contributed by atoms with E-state index in [1.165, 1.54) is 25.7 Å². The first-order valence-electron chi connectivity index (χ1n) is 5.93. The van der Waals surface area contributed by atoms with E-state index in [-0.39, 0.29) is 0 Å². The second-order valence-electron chi connectivity index (χ2n) is 4.24. The molecule has 2 unspecified atom stereocenters. The molecule has 0 aliphatic heterocycles. The molecule has 0 aliphatic rings. The van der Waals surface area contributed by atoms with Crippen molar-refractivity contribution in [1.29, 1.82) is 0 Å². The van der Waals surface area contributed by atoms with Gasteiger partial charge in [0.25, 0.3) is 0 Å². The Labute approximate surface area is 95.0 Å². The third-order valence-electron chi connectivity index (χ3n) is 2.61. The van der Waals surface area contributed by atoms with E-state index in [1.807, 2.05) is 0 Å². The van der Waals surface area contributed by atoms with Crippen molar-refractivity contribution in [2.45, 2.75) is 46.5 Å². The smallest absolute Gasteiger partial charge is 0.0499 e. The Bertz CT molecular complexity index is 117. The summed E-state index contributed by atoms with van der Waals surface area (Å²) < 4.78 is 5.69. The number of hydrogen-bond donors (Lipinski definition) is 1. The van der Waals surface area contributed by atoms with Crippen molar-refractivity contribution in [3.63, 3.8) is 0 Å². The lowest BCUT2D eigenvalue weighted by Gasteiger charge is -2.16. The van der Waals surface area contributed by atoms with Gasteiger partial charge in [-0.3, -0.25) is 0 Å². The normalized spacial score (nSPS) is 15.4. The highest BCUT2D eigenvalue weighted by molar-refractivity contribution is 7.80. The minimum absolute atomic E-state index is 0.585. The second-order valence-corrected chi connectivity index (χ2v) is 4.61. The molecule has 0 rings (SSSR count). The molecule has 1 nitrogen and oxygen atoms in total. The molecule has 0 saturated heterocycles. The maximum Gasteiger partial charge on any atom is 0.0499 e. The van der Waals surface area contributed by atoms with Crippen LogP contribution in [0.25, 0.3) is 0 Å². The zero-order valence-corrected chi connectivity index (χ0v) is 10.9. The summed E-state index contributed by atoms with van der Waals surface area (Å²) in [6.45, 7) is 8.49. The van der Waals surface area contributed by atoms with Gasteiger partial charge in [-0.25, -0.2) is 0 Å². The van der Waals surface area contributed by atoms with Gasteiger partial charge in [-0.15, -0.1) is 0 Å². The molecule has 86 valence electrons. The monoisotopic (exact) mass is 218 g/mol. The molecule has 2 heteroatoms. The first kappa shape index (κ1) is 14.3. The zero-order chi connectivity index (χ0) is 10.8. The van der Waals surface area contributed by atoms with E-state index in [2.05, 4.69) is 33.4 Å². The Hall–Kier alpha value is 0.310. The van der Waals surface area contributed by atoms with Crippen LogP contribution in [0.3, 0.4) is 0 Å². The van der Waals surface area contributed by atoms with Crippen molar-refractivity contribution in [3.05, 3.63) is 0 Å². The maximum atomic E-state index is 5.69. The summed E-state index contributed by atoms with van der Waals surface area (Å²) in [6.07, 6.45) is 5.20. The van der Waals surface area contributed by atoms with Gasteiger partial charge in [-0.1, -0.05) is 40.0 Å². The molecule has 14 heavy (non-hydrogen) atoms. The van der Waals surface area contributed by atoms with Gasteiger partial charge < -0.3 is 4.74 Å². The van der Waals surface area contributed by atoms with Gasteiger partial charge in [0.2, 0.25) is 0 Å². The fraction of sp³-hybridized carbons (Fsp3) is 1.00. The minimum atomic E-state index is 0.585. The van der Waals surface area contributed by atoms with E-state index in [0.717, 1.165) is 24.9 Å². The topological polar surface area (TPSA) is 9.23 Å². The van der Waals surface area contributed by atoms with E-state index in [4.69, 9.17) is 4.74 Å². The van der Waals surface area contributed by atoms with Crippen LogP contribution in [0.2, 0.25) is 0 Å². The van der Waals surface area contributed by atoms with Crippen molar-refractivity contribution in [2.75, 3.05) is 19.0 Å². The van der Waals surface area contributed by atoms with Crippen LogP contribution in [0.1, 0.15) is 46.5 Å². The van der Waals surface area contributed by atoms with Crippen molar-refractivity contribution in [3.8, 4) is 0 Å². The summed E-state index contributed by atoms with van der Waals surface area (Å²) in [6, 6.07) is 0. The lowest BCUT2D eigenvalue weighted by Crippen LogP contribution is -2.14. The molecule has 0 amide bonds. The third kappa shape index (κ3) is 7.69. The van der Waals surface area contributed by atoms with Crippen LogP contribution < -0.4 is 0 Å². The molecular formula is C12H26OS. The number of ether oxygens (including phenoxy) is 1. The number of unbranched alkanes of at least 4 members (excludes halogenated alkanes) is 1. The molecule has 0 N–H and O–H groups in total. The molecule has 0 aromatic carbocycles. The Kier molecular flexibility index (Phi) is 10.1. The van der Waals surface area contributed by atoms with Crippen LogP contribution in [0.15, 0.2) is 0 Å². The van der Waals surface area contributed by atoms with Crippen LogP contribution in [0.4, 0.5) is 0 Å². The summed E-state index contributed by atoms with van der Waals surface area (Å²) in [7, 11) is 0. The molecular weight excluding hydrogens is 192 g/mol. The van der Waals surface area contributed by atoms with Crippen molar-refractivity contribution < 1.29 is 4.74 Å². The Balaban J connectivity index is 3.42. The van der Waals surface area contributed by atoms with E-state index < -0.39 is 0 Å². The third-order valence-corrected chi connectivity index (χ3v) is 3.23. The maximum absolute atomic E-state index is 5.69. The highest BCUT2D eigenvalue weighted by atomic mass is 32.1. The fourth-order valence-electron chi connectivity index (χ4n) is 1.39. The standard InChI is InChI=1S/C12H26OS/c1-4-6-7-12(5-2)9-13-8-11(3)10-14/h11-12,14H,4-10H2,1-3H3. The number of rotatable bonds is 9. The zero-order valence-electron chi connectivity index (χ0n) is 9.96. The van der Waals surface area contributed by atoms with Gasteiger partial charge in [0.05, 0.1) is 0 Å². The molecule has 0 aromatic heterocycles. The minimum Gasteiger partial charge on any atom is -0.381 e. The van der Waals surface area contributed by atoms with Crippen LogP contribution in [-0.4, -0.2) is 19.0 Å². The quantitative estimate of drug-likeness (QED) is 0.579. The Morgan fingerprint density at radius 2 is 1.93 bits per heavy atom. The SMILES string of the molecule is CCCCC(CC)COCC(C)CS. The van der Waals surface area contributed by atoms with Crippen LogP contribution in [0.5, 0.6) is 0 Å². The van der Waals surface area contributed by atoms with E-state index in [0.29, 0.717) is 5.92 Å². The summed E-state index contributed by atoms with van der Waals surface area (Å²) in [5, 5.41) is 0. The van der Waals surface area contributed by atoms with Crippen LogP contribution in [-0.2, 0) is 4.74 Å². The first-order chi connectivity index (χ1) is 6.74. The number of thiol groups is 1. The van der Waals surface area contributed by atoms with Crippen molar-refractivity contribution in [1.82, 2.24) is 0 Å². The molecule has 0 aromatic rings. The highest BCUT2D eigenvalue weighted by Crippen LogP contribution is 2.13. The highest BCUT2D eigenvalue weighted by Gasteiger charge is 2.06. The largest absolute Gasteiger partial charge is 0.381 e. The average molecular weight is 218 g/mol. The lowest BCUT2D eigenvalue weighted by molar-refractivity contribution is 0.0760. The van der Waals surface area contributed by atoms with Crippen LogP contribution >= 0.6 is 12.6 Å².